The minimum Gasteiger partial charge on any atom is -0.314 e. The minimum atomic E-state index is 0.779. The highest BCUT2D eigenvalue weighted by Crippen LogP contribution is 2.35. The summed E-state index contributed by atoms with van der Waals surface area (Å²) in [6.07, 6.45) is 8.06. The van der Waals surface area contributed by atoms with E-state index in [9.17, 15) is 0 Å². The predicted molar refractivity (Wildman–Crippen MR) is 83.3 cm³/mol. The largest absolute Gasteiger partial charge is 0.314 e. The fourth-order valence-corrected chi connectivity index (χ4v) is 3.49. The van der Waals surface area contributed by atoms with Crippen LogP contribution in [0.3, 0.4) is 0 Å². The van der Waals surface area contributed by atoms with E-state index < -0.39 is 0 Å². The van der Waals surface area contributed by atoms with E-state index in [0.29, 0.717) is 0 Å². The predicted octanol–water partition coefficient (Wildman–Crippen LogP) is 4.42. The van der Waals surface area contributed by atoms with Crippen LogP contribution in [0.15, 0.2) is 30.3 Å². The van der Waals surface area contributed by atoms with Crippen LogP contribution in [0.4, 0.5) is 0 Å². The average molecular weight is 259 g/mol. The second-order valence-corrected chi connectivity index (χ2v) is 6.13. The molecule has 1 aromatic carbocycles. The molecule has 106 valence electrons. The van der Waals surface area contributed by atoms with Crippen LogP contribution < -0.4 is 5.32 Å². The van der Waals surface area contributed by atoms with Crippen LogP contribution in [-0.4, -0.2) is 12.6 Å². The number of nitrogens with one attached hydrogen (secondary N) is 1. The van der Waals surface area contributed by atoms with Gasteiger partial charge in [0.15, 0.2) is 0 Å². The van der Waals surface area contributed by atoms with Gasteiger partial charge in [0.05, 0.1) is 0 Å². The van der Waals surface area contributed by atoms with Gasteiger partial charge in [-0.2, -0.15) is 0 Å². The third-order valence-corrected chi connectivity index (χ3v) is 4.77. The number of hydrogen-bond acceptors (Lipinski definition) is 1. The van der Waals surface area contributed by atoms with Crippen molar-refractivity contribution >= 4 is 0 Å². The lowest BCUT2D eigenvalue weighted by atomic mass is 9.90. The van der Waals surface area contributed by atoms with E-state index in [1.807, 2.05) is 0 Å². The van der Waals surface area contributed by atoms with Crippen LogP contribution in [0.1, 0.15) is 51.5 Å². The van der Waals surface area contributed by atoms with Crippen molar-refractivity contribution in [2.24, 2.45) is 11.8 Å². The van der Waals surface area contributed by atoms with Gasteiger partial charge in [-0.3, -0.25) is 0 Å². The lowest BCUT2D eigenvalue weighted by Crippen LogP contribution is -2.33. The van der Waals surface area contributed by atoms with E-state index in [1.54, 1.807) is 0 Å². The molecule has 2 rings (SSSR count). The summed E-state index contributed by atoms with van der Waals surface area (Å²) in [5, 5.41) is 3.72. The molecule has 1 aliphatic rings. The summed E-state index contributed by atoms with van der Waals surface area (Å²) in [5.74, 6) is 1.81. The first-order valence-corrected chi connectivity index (χ1v) is 8.08. The minimum absolute atomic E-state index is 0.779. The topological polar surface area (TPSA) is 12.0 Å². The van der Waals surface area contributed by atoms with Crippen molar-refractivity contribution in [1.82, 2.24) is 5.32 Å². The van der Waals surface area contributed by atoms with Crippen molar-refractivity contribution in [2.75, 3.05) is 6.54 Å². The summed E-state index contributed by atoms with van der Waals surface area (Å²) in [7, 11) is 0. The Balaban J connectivity index is 1.69. The molecule has 0 aromatic heterocycles. The summed E-state index contributed by atoms with van der Waals surface area (Å²) < 4.78 is 0. The van der Waals surface area contributed by atoms with Gasteiger partial charge in [0.2, 0.25) is 0 Å². The summed E-state index contributed by atoms with van der Waals surface area (Å²) in [6.45, 7) is 5.89. The Morgan fingerprint density at radius 2 is 1.95 bits per heavy atom. The maximum Gasteiger partial charge on any atom is 0.00954 e. The molecule has 0 radical (unpaired) electrons. The van der Waals surface area contributed by atoms with Crippen LogP contribution in [-0.2, 0) is 6.42 Å². The monoisotopic (exact) mass is 259 g/mol. The lowest BCUT2D eigenvalue weighted by molar-refractivity contribution is 0.332. The maximum absolute atomic E-state index is 3.72. The van der Waals surface area contributed by atoms with E-state index in [2.05, 4.69) is 49.5 Å². The SMILES string of the molecule is CCCNC1CCC(CCCc2ccccc2)C1C. The molecule has 0 bridgehead atoms. The molecule has 1 aromatic rings. The number of rotatable bonds is 7. The number of aryl methyl sites for hydroxylation is 1. The van der Waals surface area contributed by atoms with Crippen LogP contribution in [0.2, 0.25) is 0 Å². The highest BCUT2D eigenvalue weighted by Gasteiger charge is 2.31. The van der Waals surface area contributed by atoms with Gasteiger partial charge in [-0.15, -0.1) is 0 Å². The fraction of sp³-hybridized carbons (Fsp3) is 0.667. The third-order valence-electron chi connectivity index (χ3n) is 4.77. The normalized spacial score (nSPS) is 26.7. The molecule has 1 nitrogen and oxygen atoms in total. The highest BCUT2D eigenvalue weighted by molar-refractivity contribution is 5.14. The second kappa shape index (κ2) is 7.69. The maximum atomic E-state index is 3.72. The van der Waals surface area contributed by atoms with Crippen LogP contribution >= 0.6 is 0 Å². The quantitative estimate of drug-likeness (QED) is 0.764. The van der Waals surface area contributed by atoms with E-state index >= 15 is 0 Å². The van der Waals surface area contributed by atoms with Crippen LogP contribution in [0.25, 0.3) is 0 Å². The molecule has 0 amide bonds. The molecule has 19 heavy (non-hydrogen) atoms. The summed E-state index contributed by atoms with van der Waals surface area (Å²) in [5.41, 5.74) is 1.49. The van der Waals surface area contributed by atoms with Gasteiger partial charge >= 0.3 is 0 Å². The van der Waals surface area contributed by atoms with E-state index in [1.165, 1.54) is 50.6 Å². The van der Waals surface area contributed by atoms with Crippen molar-refractivity contribution in [2.45, 2.75) is 58.4 Å². The molecular weight excluding hydrogens is 230 g/mol. The lowest BCUT2D eigenvalue weighted by Gasteiger charge is -2.21. The first-order valence-electron chi connectivity index (χ1n) is 8.08. The summed E-state index contributed by atoms with van der Waals surface area (Å²) in [6, 6.07) is 11.7. The molecule has 0 heterocycles. The standard InChI is InChI=1S/C18H29N/c1-3-14-19-18-13-12-17(15(18)2)11-7-10-16-8-5-4-6-9-16/h4-6,8-9,15,17-19H,3,7,10-14H2,1-2H3. The van der Waals surface area contributed by atoms with Gasteiger partial charge in [0, 0.05) is 6.04 Å². The zero-order valence-corrected chi connectivity index (χ0v) is 12.6. The van der Waals surface area contributed by atoms with Gasteiger partial charge in [0.25, 0.3) is 0 Å². The molecule has 3 unspecified atom stereocenters. The van der Waals surface area contributed by atoms with Crippen molar-refractivity contribution in [3.8, 4) is 0 Å². The Morgan fingerprint density at radius 1 is 1.16 bits per heavy atom. The van der Waals surface area contributed by atoms with Crippen molar-refractivity contribution in [3.05, 3.63) is 35.9 Å². The molecule has 1 fully saturated rings. The molecule has 0 aliphatic heterocycles. The molecule has 1 N–H and O–H groups in total. The molecule has 1 saturated carbocycles. The average Bonchev–Trinajstić information content (AvgIpc) is 2.79. The molecular formula is C18H29N. The number of hydrogen-bond donors (Lipinski definition) is 1. The zero-order valence-electron chi connectivity index (χ0n) is 12.6. The van der Waals surface area contributed by atoms with E-state index in [-0.39, 0.29) is 0 Å². The smallest absolute Gasteiger partial charge is 0.00954 e. The van der Waals surface area contributed by atoms with Gasteiger partial charge in [-0.05, 0) is 62.5 Å². The fourth-order valence-electron chi connectivity index (χ4n) is 3.49. The Kier molecular flexibility index (Phi) is 5.91. The third kappa shape index (κ3) is 4.35. The van der Waals surface area contributed by atoms with Gasteiger partial charge in [0.1, 0.15) is 0 Å². The number of benzene rings is 1. The zero-order chi connectivity index (χ0) is 13.5. The van der Waals surface area contributed by atoms with Crippen molar-refractivity contribution in [3.63, 3.8) is 0 Å². The van der Waals surface area contributed by atoms with Crippen LogP contribution in [0, 0.1) is 11.8 Å². The molecule has 0 spiro atoms. The van der Waals surface area contributed by atoms with Gasteiger partial charge < -0.3 is 5.32 Å². The Labute approximate surface area is 118 Å². The van der Waals surface area contributed by atoms with E-state index in [4.69, 9.17) is 0 Å². The van der Waals surface area contributed by atoms with Crippen molar-refractivity contribution in [1.29, 1.82) is 0 Å². The molecule has 3 atom stereocenters. The Morgan fingerprint density at radius 3 is 2.68 bits per heavy atom. The van der Waals surface area contributed by atoms with E-state index in [0.717, 1.165) is 17.9 Å². The molecule has 1 heteroatoms. The van der Waals surface area contributed by atoms with Gasteiger partial charge in [-0.25, -0.2) is 0 Å². The summed E-state index contributed by atoms with van der Waals surface area (Å²) in [4.78, 5) is 0. The first-order chi connectivity index (χ1) is 9.31. The van der Waals surface area contributed by atoms with Crippen molar-refractivity contribution < 1.29 is 0 Å². The Bertz CT molecular complexity index is 346. The molecule has 1 aliphatic carbocycles. The first kappa shape index (κ1) is 14.6. The molecule has 0 saturated heterocycles. The highest BCUT2D eigenvalue weighted by atomic mass is 14.9. The van der Waals surface area contributed by atoms with Crippen LogP contribution in [0.5, 0.6) is 0 Å². The van der Waals surface area contributed by atoms with Gasteiger partial charge in [-0.1, -0.05) is 44.2 Å². The second-order valence-electron chi connectivity index (χ2n) is 6.13. The Hall–Kier alpha value is -0.820. The summed E-state index contributed by atoms with van der Waals surface area (Å²) >= 11 is 0.